The Labute approximate surface area is 96.3 Å². The van der Waals surface area contributed by atoms with Crippen LogP contribution in [0.2, 0.25) is 0 Å². The highest BCUT2D eigenvalue weighted by molar-refractivity contribution is 5.94. The molecule has 1 aromatic rings. The highest BCUT2D eigenvalue weighted by Gasteiger charge is 2.08. The Kier molecular flexibility index (Phi) is 6.54. The zero-order valence-electron chi connectivity index (χ0n) is 8.92. The quantitative estimate of drug-likeness (QED) is 0.555. The van der Waals surface area contributed by atoms with Crippen LogP contribution >= 0.6 is 0 Å². The number of benzene rings is 1. The van der Waals surface area contributed by atoms with E-state index in [0.717, 1.165) is 0 Å². The molecule has 1 aromatic carbocycles. The summed E-state index contributed by atoms with van der Waals surface area (Å²) in [6.07, 6.45) is 0. The molecule has 0 saturated heterocycles. The van der Waals surface area contributed by atoms with Crippen molar-refractivity contribution in [2.45, 2.75) is 13.8 Å². The Morgan fingerprint density at radius 3 is 2.47 bits per heavy atom. The third kappa shape index (κ3) is 3.80. The molecule has 4 heteroatoms. The summed E-state index contributed by atoms with van der Waals surface area (Å²) in [4.78, 5) is 0. The lowest BCUT2D eigenvalue weighted by Gasteiger charge is -2.10. The summed E-state index contributed by atoms with van der Waals surface area (Å²) in [6, 6.07) is 7.41. The molecule has 0 aromatic heterocycles. The molecule has 84 valence electrons. The summed E-state index contributed by atoms with van der Waals surface area (Å²) in [5, 5.41) is 7.65. The lowest BCUT2D eigenvalue weighted by molar-refractivity contribution is -0.00000461. The van der Waals surface area contributed by atoms with E-state index in [9.17, 15) is 0 Å². The summed E-state index contributed by atoms with van der Waals surface area (Å²) in [5.41, 5.74) is 0.705. The number of nitrogens with one attached hydrogen (secondary N) is 1. The Bertz CT molecular complexity index is 315. The van der Waals surface area contributed by atoms with Crippen molar-refractivity contribution >= 4 is 5.90 Å². The molecule has 0 aliphatic heterocycles. The molecule has 0 aliphatic carbocycles. The van der Waals surface area contributed by atoms with Gasteiger partial charge in [0.1, 0.15) is 5.75 Å². The summed E-state index contributed by atoms with van der Waals surface area (Å²) < 4.78 is 10.5. The number of ether oxygens (including phenoxy) is 2. The van der Waals surface area contributed by atoms with Gasteiger partial charge in [-0.3, -0.25) is 5.41 Å². The second-order valence-electron chi connectivity index (χ2n) is 2.69. The Morgan fingerprint density at radius 2 is 1.87 bits per heavy atom. The third-order valence-corrected chi connectivity index (χ3v) is 1.72. The molecule has 0 heterocycles. The second-order valence-corrected chi connectivity index (χ2v) is 2.69. The van der Waals surface area contributed by atoms with E-state index >= 15 is 0 Å². The predicted molar refractivity (Wildman–Crippen MR) is 56.1 cm³/mol. The molecule has 0 saturated carbocycles. The highest BCUT2D eigenvalue weighted by Crippen LogP contribution is 2.18. The summed E-state index contributed by atoms with van der Waals surface area (Å²) in [5.74, 6) is 0.866. The minimum atomic E-state index is 0. The van der Waals surface area contributed by atoms with Crippen molar-refractivity contribution in [1.29, 1.82) is 5.41 Å². The van der Waals surface area contributed by atoms with E-state index in [-0.39, 0.29) is 18.3 Å². The smallest absolute Gasteiger partial charge is 0.217 e. The van der Waals surface area contributed by atoms with Gasteiger partial charge in [0.25, 0.3) is 0 Å². The molecule has 0 spiro atoms. The number of halogens is 1. The van der Waals surface area contributed by atoms with Gasteiger partial charge in [-0.05, 0) is 26.0 Å². The van der Waals surface area contributed by atoms with E-state index in [0.29, 0.717) is 24.5 Å². The van der Waals surface area contributed by atoms with Gasteiger partial charge in [-0.2, -0.15) is 0 Å². The SMILES string of the molecule is CCOC(=N)c1ccccc1OCC.[Cl-]. The Balaban J connectivity index is 0.00000196. The Hall–Kier alpha value is -1.22. The van der Waals surface area contributed by atoms with Crippen LogP contribution in [0.25, 0.3) is 0 Å². The zero-order chi connectivity index (χ0) is 10.4. The van der Waals surface area contributed by atoms with Crippen LogP contribution in [0.5, 0.6) is 5.75 Å². The maximum absolute atomic E-state index is 7.65. The number of para-hydroxylation sites is 1. The monoisotopic (exact) mass is 228 g/mol. The fourth-order valence-electron chi connectivity index (χ4n) is 1.16. The van der Waals surface area contributed by atoms with Crippen molar-refractivity contribution in [3.8, 4) is 5.75 Å². The van der Waals surface area contributed by atoms with Gasteiger partial charge in [0, 0.05) is 0 Å². The zero-order valence-corrected chi connectivity index (χ0v) is 9.67. The average molecular weight is 229 g/mol. The molecule has 0 unspecified atom stereocenters. The molecular formula is C11H15ClNO2-. The average Bonchev–Trinajstić information content (AvgIpc) is 2.19. The van der Waals surface area contributed by atoms with E-state index < -0.39 is 0 Å². The van der Waals surface area contributed by atoms with Gasteiger partial charge in [0.2, 0.25) is 5.90 Å². The van der Waals surface area contributed by atoms with Crippen molar-refractivity contribution in [3.05, 3.63) is 29.8 Å². The lowest BCUT2D eigenvalue weighted by Crippen LogP contribution is -3.00. The molecule has 0 amide bonds. The third-order valence-electron chi connectivity index (χ3n) is 1.72. The largest absolute Gasteiger partial charge is 1.00 e. The topological polar surface area (TPSA) is 42.3 Å². The minimum Gasteiger partial charge on any atom is -1.00 e. The summed E-state index contributed by atoms with van der Waals surface area (Å²) in [6.45, 7) is 4.87. The molecular weight excluding hydrogens is 214 g/mol. The molecule has 0 aliphatic rings. The first-order chi connectivity index (χ1) is 6.79. The molecule has 0 fully saturated rings. The van der Waals surface area contributed by atoms with E-state index in [4.69, 9.17) is 14.9 Å². The molecule has 0 atom stereocenters. The van der Waals surface area contributed by atoms with Crippen LogP contribution in [-0.4, -0.2) is 19.1 Å². The minimum absolute atomic E-state index is 0. The first-order valence-electron chi connectivity index (χ1n) is 4.73. The van der Waals surface area contributed by atoms with Gasteiger partial charge in [-0.1, -0.05) is 12.1 Å². The van der Waals surface area contributed by atoms with Gasteiger partial charge in [-0.25, -0.2) is 0 Å². The number of rotatable bonds is 4. The first-order valence-corrected chi connectivity index (χ1v) is 4.73. The van der Waals surface area contributed by atoms with Crippen LogP contribution in [0.3, 0.4) is 0 Å². The van der Waals surface area contributed by atoms with Crippen LogP contribution in [0, 0.1) is 5.41 Å². The fraction of sp³-hybridized carbons (Fsp3) is 0.364. The second kappa shape index (κ2) is 7.12. The van der Waals surface area contributed by atoms with Crippen LogP contribution in [0.1, 0.15) is 19.4 Å². The van der Waals surface area contributed by atoms with Crippen LogP contribution in [-0.2, 0) is 4.74 Å². The van der Waals surface area contributed by atoms with Gasteiger partial charge in [-0.15, -0.1) is 0 Å². The van der Waals surface area contributed by atoms with Crippen LogP contribution < -0.4 is 17.1 Å². The fourth-order valence-corrected chi connectivity index (χ4v) is 1.16. The summed E-state index contributed by atoms with van der Waals surface area (Å²) in [7, 11) is 0. The maximum Gasteiger partial charge on any atom is 0.217 e. The van der Waals surface area contributed by atoms with Crippen molar-refractivity contribution < 1.29 is 21.9 Å². The van der Waals surface area contributed by atoms with Gasteiger partial charge >= 0.3 is 0 Å². The van der Waals surface area contributed by atoms with Crippen molar-refractivity contribution in [2.24, 2.45) is 0 Å². The molecule has 1 N–H and O–H groups in total. The van der Waals surface area contributed by atoms with Crippen LogP contribution in [0.4, 0.5) is 0 Å². The lowest BCUT2D eigenvalue weighted by atomic mass is 10.2. The maximum atomic E-state index is 7.65. The van der Waals surface area contributed by atoms with E-state index in [1.54, 1.807) is 0 Å². The van der Waals surface area contributed by atoms with Crippen LogP contribution in [0.15, 0.2) is 24.3 Å². The first kappa shape index (κ1) is 13.8. The van der Waals surface area contributed by atoms with Crippen molar-refractivity contribution in [2.75, 3.05) is 13.2 Å². The summed E-state index contributed by atoms with van der Waals surface area (Å²) >= 11 is 0. The van der Waals surface area contributed by atoms with Gasteiger partial charge in [0.05, 0.1) is 18.8 Å². The predicted octanol–water partition coefficient (Wildman–Crippen LogP) is -0.549. The molecule has 0 bridgehead atoms. The van der Waals surface area contributed by atoms with E-state index in [1.165, 1.54) is 0 Å². The van der Waals surface area contributed by atoms with Crippen molar-refractivity contribution in [1.82, 2.24) is 0 Å². The van der Waals surface area contributed by atoms with Gasteiger partial charge in [0.15, 0.2) is 0 Å². The normalized spacial score (nSPS) is 8.93. The molecule has 3 nitrogen and oxygen atoms in total. The van der Waals surface area contributed by atoms with E-state index in [2.05, 4.69) is 0 Å². The Morgan fingerprint density at radius 1 is 1.20 bits per heavy atom. The van der Waals surface area contributed by atoms with E-state index in [1.807, 2.05) is 38.1 Å². The van der Waals surface area contributed by atoms with Gasteiger partial charge < -0.3 is 21.9 Å². The number of hydrogen-bond acceptors (Lipinski definition) is 3. The standard InChI is InChI=1S/C11H15NO2.ClH/c1-3-13-10-8-6-5-7-9(10)11(12)14-4-2;/h5-8,12H,3-4H2,1-2H3;1H/p-1. The molecule has 15 heavy (non-hydrogen) atoms. The molecule has 1 rings (SSSR count). The highest BCUT2D eigenvalue weighted by atomic mass is 35.5. The number of hydrogen-bond donors (Lipinski definition) is 1. The van der Waals surface area contributed by atoms with Crippen molar-refractivity contribution in [3.63, 3.8) is 0 Å². The molecule has 0 radical (unpaired) electrons.